The summed E-state index contributed by atoms with van der Waals surface area (Å²) in [6, 6.07) is 19.1. The second-order valence-corrected chi connectivity index (χ2v) is 10.7. The Hall–Kier alpha value is -2.87. The zero-order valence-electron chi connectivity index (χ0n) is 22.9. The average molecular weight is 496 g/mol. The van der Waals surface area contributed by atoms with Gasteiger partial charge in [-0.05, 0) is 70.5 Å². The molecule has 2 heteroatoms. The normalized spacial score (nSPS) is 11.9. The molecule has 1 N–H and O–H groups in total. The first-order chi connectivity index (χ1) is 18.3. The average Bonchev–Trinajstić information content (AvgIpc) is 2.93. The number of carbonyl (C=O) groups excluding carboxylic acids is 1. The van der Waals surface area contributed by atoms with Gasteiger partial charge in [-0.3, -0.25) is 4.79 Å². The third-order valence-electron chi connectivity index (χ3n) is 7.75. The topological polar surface area (TPSA) is 29.1 Å². The van der Waals surface area contributed by atoms with Crippen LogP contribution in [0.1, 0.15) is 107 Å². The Bertz CT molecular complexity index is 1250. The van der Waals surface area contributed by atoms with E-state index in [-0.39, 0.29) is 5.91 Å². The van der Waals surface area contributed by atoms with E-state index in [2.05, 4.69) is 72.9 Å². The third-order valence-corrected chi connectivity index (χ3v) is 7.75. The molecule has 4 aromatic rings. The summed E-state index contributed by atoms with van der Waals surface area (Å²) in [4.78, 5) is 13.0. The quantitative estimate of drug-likeness (QED) is 0.0881. The van der Waals surface area contributed by atoms with Crippen LogP contribution in [-0.4, -0.2) is 12.5 Å². The SMILES string of the molecule is CCCCCCCCC=CCCCCCCCCNC(=O)c1ccc2ccc3cccc4ccc1c2c34. The molecular formula is C35H45NO. The van der Waals surface area contributed by atoms with Crippen LogP contribution in [0.2, 0.25) is 0 Å². The fourth-order valence-corrected chi connectivity index (χ4v) is 5.60. The summed E-state index contributed by atoms with van der Waals surface area (Å²) >= 11 is 0. The summed E-state index contributed by atoms with van der Waals surface area (Å²) in [5.74, 6) is 0.0469. The Balaban J connectivity index is 1.10. The standard InChI is InChI=1S/C35H45NO/c1-2-3-4-5-6-7-8-9-10-11-12-13-14-15-16-17-27-36-35(37)32-26-24-30-22-21-28-19-18-20-29-23-25-31(32)34(30)33(28)29/h9-10,18-26H,2-8,11-17,27H2,1H3,(H,36,37). The molecule has 4 rings (SSSR count). The molecule has 2 nitrogen and oxygen atoms in total. The number of rotatable bonds is 17. The first-order valence-corrected chi connectivity index (χ1v) is 14.9. The van der Waals surface area contributed by atoms with Crippen molar-refractivity contribution >= 4 is 38.2 Å². The molecule has 0 saturated carbocycles. The minimum atomic E-state index is 0.0469. The summed E-state index contributed by atoms with van der Waals surface area (Å²) in [5, 5.41) is 10.4. The molecule has 0 radical (unpaired) electrons. The van der Waals surface area contributed by atoms with Gasteiger partial charge in [0, 0.05) is 12.1 Å². The molecule has 4 aromatic carbocycles. The van der Waals surface area contributed by atoms with Gasteiger partial charge >= 0.3 is 0 Å². The summed E-state index contributed by atoms with van der Waals surface area (Å²) in [7, 11) is 0. The second kappa shape index (κ2) is 14.8. The Morgan fingerprint density at radius 3 is 1.84 bits per heavy atom. The van der Waals surface area contributed by atoms with Crippen LogP contribution in [0.25, 0.3) is 32.3 Å². The predicted octanol–water partition coefficient (Wildman–Crippen LogP) is 10.4. The van der Waals surface area contributed by atoms with E-state index in [9.17, 15) is 4.79 Å². The van der Waals surface area contributed by atoms with Crippen LogP contribution in [0.15, 0.2) is 66.7 Å². The molecule has 0 fully saturated rings. The van der Waals surface area contributed by atoms with Crippen molar-refractivity contribution in [2.24, 2.45) is 0 Å². The van der Waals surface area contributed by atoms with Crippen LogP contribution in [0.4, 0.5) is 0 Å². The van der Waals surface area contributed by atoms with Crippen LogP contribution in [0.5, 0.6) is 0 Å². The van der Waals surface area contributed by atoms with Gasteiger partial charge in [-0.25, -0.2) is 0 Å². The van der Waals surface area contributed by atoms with E-state index in [0.29, 0.717) is 0 Å². The highest BCUT2D eigenvalue weighted by Crippen LogP contribution is 2.35. The summed E-state index contributed by atoms with van der Waals surface area (Å²) in [6.45, 7) is 3.03. The van der Waals surface area contributed by atoms with Crippen LogP contribution in [0.3, 0.4) is 0 Å². The van der Waals surface area contributed by atoms with Crippen molar-refractivity contribution in [3.05, 3.63) is 72.3 Å². The molecule has 0 aliphatic carbocycles. The van der Waals surface area contributed by atoms with Crippen LogP contribution >= 0.6 is 0 Å². The zero-order valence-corrected chi connectivity index (χ0v) is 22.9. The van der Waals surface area contributed by atoms with E-state index in [0.717, 1.165) is 23.9 Å². The molecule has 0 heterocycles. The highest BCUT2D eigenvalue weighted by atomic mass is 16.1. The van der Waals surface area contributed by atoms with Crippen LogP contribution < -0.4 is 5.32 Å². The number of unbranched alkanes of at least 4 members (excludes halogenated alkanes) is 12. The number of allylic oxidation sites excluding steroid dienone is 2. The molecule has 0 saturated heterocycles. The number of hydrogen-bond acceptors (Lipinski definition) is 1. The fraction of sp³-hybridized carbons (Fsp3) is 0.457. The Kier molecular flexibility index (Phi) is 10.8. The van der Waals surface area contributed by atoms with Crippen LogP contribution in [0, 0.1) is 0 Å². The monoisotopic (exact) mass is 495 g/mol. The fourth-order valence-electron chi connectivity index (χ4n) is 5.60. The van der Waals surface area contributed by atoms with Crippen molar-refractivity contribution in [3.63, 3.8) is 0 Å². The van der Waals surface area contributed by atoms with Gasteiger partial charge < -0.3 is 5.32 Å². The lowest BCUT2D eigenvalue weighted by molar-refractivity contribution is 0.0954. The lowest BCUT2D eigenvalue weighted by Gasteiger charge is -2.14. The molecule has 0 atom stereocenters. The van der Waals surface area contributed by atoms with E-state index < -0.39 is 0 Å². The van der Waals surface area contributed by atoms with Crippen molar-refractivity contribution in [1.82, 2.24) is 5.32 Å². The first kappa shape index (κ1) is 27.2. The van der Waals surface area contributed by atoms with Gasteiger partial charge in [0.2, 0.25) is 0 Å². The van der Waals surface area contributed by atoms with Crippen molar-refractivity contribution in [2.75, 3.05) is 6.54 Å². The largest absolute Gasteiger partial charge is 0.352 e. The van der Waals surface area contributed by atoms with Crippen LogP contribution in [-0.2, 0) is 0 Å². The summed E-state index contributed by atoms with van der Waals surface area (Å²) in [6.07, 6.45) is 23.0. The summed E-state index contributed by atoms with van der Waals surface area (Å²) in [5.41, 5.74) is 0.787. The van der Waals surface area contributed by atoms with Crippen molar-refractivity contribution in [1.29, 1.82) is 0 Å². The van der Waals surface area contributed by atoms with Gasteiger partial charge in [0.05, 0.1) is 0 Å². The molecule has 0 aliphatic rings. The van der Waals surface area contributed by atoms with E-state index >= 15 is 0 Å². The molecule has 0 aromatic heterocycles. The summed E-state index contributed by atoms with van der Waals surface area (Å²) < 4.78 is 0. The number of benzene rings is 4. The maximum absolute atomic E-state index is 13.0. The predicted molar refractivity (Wildman–Crippen MR) is 162 cm³/mol. The number of amides is 1. The van der Waals surface area contributed by atoms with Gasteiger partial charge in [-0.1, -0.05) is 125 Å². The van der Waals surface area contributed by atoms with Crippen molar-refractivity contribution < 1.29 is 4.79 Å². The van der Waals surface area contributed by atoms with E-state index in [1.54, 1.807) is 0 Å². The zero-order chi connectivity index (χ0) is 25.7. The molecule has 0 aliphatic heterocycles. The minimum Gasteiger partial charge on any atom is -0.352 e. The van der Waals surface area contributed by atoms with Gasteiger partial charge in [0.25, 0.3) is 5.91 Å². The molecular weight excluding hydrogens is 450 g/mol. The molecule has 0 spiro atoms. The Labute approximate surface area is 223 Å². The Morgan fingerprint density at radius 2 is 1.16 bits per heavy atom. The molecule has 37 heavy (non-hydrogen) atoms. The molecule has 1 amide bonds. The molecule has 0 unspecified atom stereocenters. The lowest BCUT2D eigenvalue weighted by atomic mass is 9.92. The highest BCUT2D eigenvalue weighted by molar-refractivity contribution is 6.26. The Morgan fingerprint density at radius 1 is 0.622 bits per heavy atom. The first-order valence-electron chi connectivity index (χ1n) is 14.9. The lowest BCUT2D eigenvalue weighted by Crippen LogP contribution is -2.24. The van der Waals surface area contributed by atoms with E-state index in [1.807, 2.05) is 6.07 Å². The molecule has 196 valence electrons. The van der Waals surface area contributed by atoms with Gasteiger partial charge in [-0.2, -0.15) is 0 Å². The minimum absolute atomic E-state index is 0.0469. The highest BCUT2D eigenvalue weighted by Gasteiger charge is 2.14. The van der Waals surface area contributed by atoms with E-state index in [1.165, 1.54) is 110 Å². The van der Waals surface area contributed by atoms with Gasteiger partial charge in [0.15, 0.2) is 0 Å². The molecule has 0 bridgehead atoms. The maximum atomic E-state index is 13.0. The number of hydrogen-bond donors (Lipinski definition) is 1. The van der Waals surface area contributed by atoms with Gasteiger partial charge in [0.1, 0.15) is 0 Å². The van der Waals surface area contributed by atoms with Crippen molar-refractivity contribution in [3.8, 4) is 0 Å². The third kappa shape index (κ3) is 7.57. The number of nitrogens with one attached hydrogen (secondary N) is 1. The second-order valence-electron chi connectivity index (χ2n) is 10.7. The van der Waals surface area contributed by atoms with E-state index in [4.69, 9.17) is 0 Å². The maximum Gasteiger partial charge on any atom is 0.251 e. The van der Waals surface area contributed by atoms with Gasteiger partial charge in [-0.15, -0.1) is 0 Å². The smallest absolute Gasteiger partial charge is 0.251 e. The number of carbonyl (C=O) groups is 1. The van der Waals surface area contributed by atoms with Crippen molar-refractivity contribution in [2.45, 2.75) is 96.8 Å².